The van der Waals surface area contributed by atoms with Gasteiger partial charge in [0.25, 0.3) is 5.91 Å². The summed E-state index contributed by atoms with van der Waals surface area (Å²) in [5.74, 6) is 0.0910. The van der Waals surface area contributed by atoms with Crippen LogP contribution >= 0.6 is 24.8 Å². The van der Waals surface area contributed by atoms with E-state index in [1.807, 2.05) is 54.3 Å². The molecule has 1 saturated heterocycles. The van der Waals surface area contributed by atoms with Crippen LogP contribution in [0.15, 0.2) is 42.5 Å². The summed E-state index contributed by atoms with van der Waals surface area (Å²) in [5, 5.41) is 3.32. The number of nitrogens with zero attached hydrogens (tertiary/aromatic N) is 2. The van der Waals surface area contributed by atoms with Crippen molar-refractivity contribution in [3.05, 3.63) is 53.7 Å². The highest BCUT2D eigenvalue weighted by Crippen LogP contribution is 2.19. The number of aryl methyl sites for hydroxylation is 1. The number of rotatable bonds is 2. The minimum atomic E-state index is 0. The van der Waals surface area contributed by atoms with Crippen molar-refractivity contribution in [1.82, 2.24) is 15.2 Å². The van der Waals surface area contributed by atoms with E-state index in [0.717, 1.165) is 49.6 Å². The standard InChI is InChI=1S/C18H21N3O.2ClH/c1-14-16(18(22)21-12-5-10-19-11-13-21)8-9-17(20-14)15-6-3-2-4-7-15;;/h2-4,6-9,19H,5,10-13H2,1H3;2*1H. The van der Waals surface area contributed by atoms with Crippen molar-refractivity contribution in [2.75, 3.05) is 26.2 Å². The second-order valence-electron chi connectivity index (χ2n) is 5.59. The second-order valence-corrected chi connectivity index (χ2v) is 5.59. The molecule has 1 aliphatic heterocycles. The molecule has 0 atom stereocenters. The van der Waals surface area contributed by atoms with Crippen molar-refractivity contribution in [2.24, 2.45) is 0 Å². The van der Waals surface area contributed by atoms with Gasteiger partial charge in [-0.25, -0.2) is 0 Å². The zero-order valence-electron chi connectivity index (χ0n) is 13.7. The Kier molecular flexibility index (Phi) is 8.19. The third kappa shape index (κ3) is 4.69. The van der Waals surface area contributed by atoms with Gasteiger partial charge in [0.15, 0.2) is 0 Å². The number of carbonyl (C=O) groups excluding carboxylic acids is 1. The molecule has 1 aromatic carbocycles. The quantitative estimate of drug-likeness (QED) is 0.885. The predicted octanol–water partition coefficient (Wildman–Crippen LogP) is 3.34. The molecule has 0 bridgehead atoms. The molecule has 2 heterocycles. The molecule has 0 saturated carbocycles. The molecule has 4 nitrogen and oxygen atoms in total. The summed E-state index contributed by atoms with van der Waals surface area (Å²) in [5.41, 5.74) is 3.49. The highest BCUT2D eigenvalue weighted by atomic mass is 35.5. The Hall–Kier alpha value is -1.62. The SMILES string of the molecule is Cc1nc(-c2ccccc2)ccc1C(=O)N1CCCNCC1.Cl.Cl. The van der Waals surface area contributed by atoms with Gasteiger partial charge in [-0.15, -0.1) is 24.8 Å². The molecule has 1 fully saturated rings. The zero-order valence-corrected chi connectivity index (χ0v) is 15.3. The van der Waals surface area contributed by atoms with Gasteiger partial charge in [-0.05, 0) is 32.0 Å². The van der Waals surface area contributed by atoms with Crippen LogP contribution in [-0.4, -0.2) is 42.0 Å². The predicted molar refractivity (Wildman–Crippen MR) is 102 cm³/mol. The molecule has 1 N–H and O–H groups in total. The van der Waals surface area contributed by atoms with Gasteiger partial charge in [-0.2, -0.15) is 0 Å². The van der Waals surface area contributed by atoms with E-state index < -0.39 is 0 Å². The van der Waals surface area contributed by atoms with Gasteiger partial charge in [0, 0.05) is 25.2 Å². The maximum absolute atomic E-state index is 12.7. The zero-order chi connectivity index (χ0) is 15.4. The molecule has 3 rings (SSSR count). The van der Waals surface area contributed by atoms with Crippen molar-refractivity contribution in [2.45, 2.75) is 13.3 Å². The van der Waals surface area contributed by atoms with E-state index in [-0.39, 0.29) is 30.7 Å². The van der Waals surface area contributed by atoms with Gasteiger partial charge in [0.2, 0.25) is 0 Å². The summed E-state index contributed by atoms with van der Waals surface area (Å²) in [4.78, 5) is 19.2. The number of halogens is 2. The smallest absolute Gasteiger partial charge is 0.255 e. The van der Waals surface area contributed by atoms with E-state index in [1.54, 1.807) is 0 Å². The third-order valence-electron chi connectivity index (χ3n) is 4.01. The van der Waals surface area contributed by atoms with Crippen molar-refractivity contribution >= 4 is 30.7 Å². The molecule has 0 radical (unpaired) electrons. The highest BCUT2D eigenvalue weighted by molar-refractivity contribution is 5.95. The lowest BCUT2D eigenvalue weighted by molar-refractivity contribution is 0.0765. The number of benzene rings is 1. The Morgan fingerprint density at radius 1 is 1.04 bits per heavy atom. The Bertz CT molecular complexity index is 657. The fourth-order valence-electron chi connectivity index (χ4n) is 2.78. The van der Waals surface area contributed by atoms with Gasteiger partial charge in [-0.3, -0.25) is 9.78 Å². The van der Waals surface area contributed by atoms with Gasteiger partial charge >= 0.3 is 0 Å². The maximum Gasteiger partial charge on any atom is 0.255 e. The molecule has 24 heavy (non-hydrogen) atoms. The third-order valence-corrected chi connectivity index (χ3v) is 4.01. The van der Waals surface area contributed by atoms with Gasteiger partial charge in [0.05, 0.1) is 17.0 Å². The van der Waals surface area contributed by atoms with E-state index >= 15 is 0 Å². The van der Waals surface area contributed by atoms with Crippen LogP contribution < -0.4 is 5.32 Å². The van der Waals surface area contributed by atoms with Gasteiger partial charge < -0.3 is 10.2 Å². The van der Waals surface area contributed by atoms with Crippen LogP contribution in [0.1, 0.15) is 22.5 Å². The minimum absolute atomic E-state index is 0. The Morgan fingerprint density at radius 2 is 1.79 bits per heavy atom. The van der Waals surface area contributed by atoms with E-state index in [0.29, 0.717) is 5.56 Å². The highest BCUT2D eigenvalue weighted by Gasteiger charge is 2.19. The number of amides is 1. The lowest BCUT2D eigenvalue weighted by Gasteiger charge is -2.21. The van der Waals surface area contributed by atoms with E-state index in [1.165, 1.54) is 0 Å². The first-order valence-corrected chi connectivity index (χ1v) is 7.79. The molecule has 1 aliphatic rings. The Labute approximate surface area is 155 Å². The Morgan fingerprint density at radius 3 is 2.50 bits per heavy atom. The fraction of sp³-hybridized carbons (Fsp3) is 0.333. The Balaban J connectivity index is 0.00000144. The molecule has 0 unspecified atom stereocenters. The monoisotopic (exact) mass is 367 g/mol. The number of hydrogen-bond acceptors (Lipinski definition) is 3. The number of carbonyl (C=O) groups is 1. The first-order valence-electron chi connectivity index (χ1n) is 7.79. The average Bonchev–Trinajstić information content (AvgIpc) is 2.84. The molecule has 6 heteroatoms. The largest absolute Gasteiger partial charge is 0.337 e. The van der Waals surface area contributed by atoms with Gasteiger partial charge in [-0.1, -0.05) is 30.3 Å². The summed E-state index contributed by atoms with van der Waals surface area (Å²) in [7, 11) is 0. The van der Waals surface area contributed by atoms with Crippen LogP contribution in [-0.2, 0) is 0 Å². The molecule has 0 spiro atoms. The number of nitrogens with one attached hydrogen (secondary N) is 1. The van der Waals surface area contributed by atoms with E-state index in [2.05, 4.69) is 10.3 Å². The van der Waals surface area contributed by atoms with Crippen LogP contribution in [0.4, 0.5) is 0 Å². The number of hydrogen-bond donors (Lipinski definition) is 1. The average molecular weight is 368 g/mol. The topological polar surface area (TPSA) is 45.2 Å². The van der Waals surface area contributed by atoms with E-state index in [9.17, 15) is 4.79 Å². The van der Waals surface area contributed by atoms with Crippen LogP contribution in [0.25, 0.3) is 11.3 Å². The van der Waals surface area contributed by atoms with Crippen molar-refractivity contribution in [3.63, 3.8) is 0 Å². The van der Waals surface area contributed by atoms with Crippen molar-refractivity contribution in [3.8, 4) is 11.3 Å². The molecule has 1 amide bonds. The fourth-order valence-corrected chi connectivity index (χ4v) is 2.78. The van der Waals surface area contributed by atoms with Crippen molar-refractivity contribution < 1.29 is 4.79 Å². The summed E-state index contributed by atoms with van der Waals surface area (Å²) in [6.45, 7) is 5.33. The molecule has 0 aliphatic carbocycles. The molecular weight excluding hydrogens is 345 g/mol. The molecule has 1 aromatic heterocycles. The summed E-state index contributed by atoms with van der Waals surface area (Å²) in [6.07, 6.45) is 1.00. The molecular formula is C18H23Cl2N3O. The van der Waals surface area contributed by atoms with Crippen LogP contribution in [0.5, 0.6) is 0 Å². The van der Waals surface area contributed by atoms with Crippen LogP contribution in [0.3, 0.4) is 0 Å². The maximum atomic E-state index is 12.7. The van der Waals surface area contributed by atoms with E-state index in [4.69, 9.17) is 0 Å². The summed E-state index contributed by atoms with van der Waals surface area (Å²) < 4.78 is 0. The first-order chi connectivity index (χ1) is 10.8. The van der Waals surface area contributed by atoms with Crippen molar-refractivity contribution in [1.29, 1.82) is 0 Å². The summed E-state index contributed by atoms with van der Waals surface area (Å²) in [6, 6.07) is 13.9. The summed E-state index contributed by atoms with van der Waals surface area (Å²) >= 11 is 0. The molecule has 2 aromatic rings. The van der Waals surface area contributed by atoms with Crippen LogP contribution in [0.2, 0.25) is 0 Å². The minimum Gasteiger partial charge on any atom is -0.337 e. The lowest BCUT2D eigenvalue weighted by Crippen LogP contribution is -2.34. The molecule has 130 valence electrons. The normalized spacial score (nSPS) is 14.1. The number of aromatic nitrogens is 1. The van der Waals surface area contributed by atoms with Gasteiger partial charge in [0.1, 0.15) is 0 Å². The number of pyridine rings is 1. The first kappa shape index (κ1) is 20.4. The lowest BCUT2D eigenvalue weighted by atomic mass is 10.1. The second kappa shape index (κ2) is 9.62. The van der Waals surface area contributed by atoms with Crippen LogP contribution in [0, 0.1) is 6.92 Å².